The Kier molecular flexibility index (Phi) is 4.11. The molecule has 0 amide bonds. The molecule has 108 valence electrons. The zero-order valence-corrected chi connectivity index (χ0v) is 11.4. The van der Waals surface area contributed by atoms with Gasteiger partial charge in [-0.2, -0.15) is 18.3 Å². The monoisotopic (exact) mass is 283 g/mol. The summed E-state index contributed by atoms with van der Waals surface area (Å²) in [5, 5.41) is 4.39. The number of rotatable bonds is 4. The van der Waals surface area contributed by atoms with Crippen molar-refractivity contribution in [3.63, 3.8) is 0 Å². The highest BCUT2D eigenvalue weighted by Gasteiger charge is 2.30. The van der Waals surface area contributed by atoms with Crippen molar-refractivity contribution in [3.8, 4) is 5.82 Å². The maximum Gasteiger partial charge on any atom is 0.417 e. The van der Waals surface area contributed by atoms with Gasteiger partial charge < -0.3 is 0 Å². The van der Waals surface area contributed by atoms with Crippen molar-refractivity contribution in [2.24, 2.45) is 0 Å². The highest BCUT2D eigenvalue weighted by atomic mass is 19.4. The second-order valence-corrected chi connectivity index (χ2v) is 4.60. The van der Waals surface area contributed by atoms with Crippen LogP contribution in [0.2, 0.25) is 0 Å². The fourth-order valence-electron chi connectivity index (χ4n) is 2.08. The van der Waals surface area contributed by atoms with Crippen LogP contribution in [-0.4, -0.2) is 14.8 Å². The molecule has 0 radical (unpaired) electrons. The molecule has 20 heavy (non-hydrogen) atoms. The Bertz CT molecular complexity index is 554. The van der Waals surface area contributed by atoms with Crippen LogP contribution < -0.4 is 0 Å². The summed E-state index contributed by atoms with van der Waals surface area (Å²) in [5.41, 5.74) is 0.185. The van der Waals surface area contributed by atoms with E-state index in [0.717, 1.165) is 30.8 Å². The van der Waals surface area contributed by atoms with Crippen LogP contribution in [0.3, 0.4) is 0 Å². The first-order valence-corrected chi connectivity index (χ1v) is 6.54. The number of alkyl halides is 3. The fourth-order valence-corrected chi connectivity index (χ4v) is 2.08. The second-order valence-electron chi connectivity index (χ2n) is 4.60. The molecule has 3 nitrogen and oxygen atoms in total. The summed E-state index contributed by atoms with van der Waals surface area (Å²) in [6, 6.07) is 4.23. The molecule has 0 N–H and O–H groups in total. The number of pyridine rings is 1. The van der Waals surface area contributed by atoms with Crippen LogP contribution in [0.4, 0.5) is 13.2 Å². The minimum Gasteiger partial charge on any atom is -0.237 e. The molecule has 2 aromatic heterocycles. The number of hydrogen-bond donors (Lipinski definition) is 0. The molecule has 2 aromatic rings. The molecular formula is C14H16F3N3. The van der Waals surface area contributed by atoms with Crippen LogP contribution in [-0.2, 0) is 6.18 Å². The van der Waals surface area contributed by atoms with Crippen molar-refractivity contribution in [3.05, 3.63) is 41.9 Å². The van der Waals surface area contributed by atoms with Gasteiger partial charge in [0.05, 0.1) is 11.3 Å². The van der Waals surface area contributed by atoms with Crippen LogP contribution in [0.1, 0.15) is 43.9 Å². The van der Waals surface area contributed by atoms with E-state index in [4.69, 9.17) is 0 Å². The summed E-state index contributed by atoms with van der Waals surface area (Å²) in [4.78, 5) is 3.82. The molecule has 0 aliphatic carbocycles. The van der Waals surface area contributed by atoms with Crippen LogP contribution in [0, 0.1) is 0 Å². The lowest BCUT2D eigenvalue weighted by atomic mass is 10.0. The van der Waals surface area contributed by atoms with E-state index in [2.05, 4.69) is 23.9 Å². The molecular weight excluding hydrogens is 267 g/mol. The molecule has 0 saturated carbocycles. The minimum absolute atomic E-state index is 0.366. The SMILES string of the molecule is CCC(CC)c1ccn(-c2ccc(C(F)(F)F)cn2)n1. The number of aromatic nitrogens is 3. The topological polar surface area (TPSA) is 30.7 Å². The van der Waals surface area contributed by atoms with Crippen molar-refractivity contribution in [1.29, 1.82) is 0 Å². The van der Waals surface area contributed by atoms with E-state index >= 15 is 0 Å². The van der Waals surface area contributed by atoms with Crippen LogP contribution in [0.5, 0.6) is 0 Å². The summed E-state index contributed by atoms with van der Waals surface area (Å²) in [6.45, 7) is 4.17. The maximum absolute atomic E-state index is 12.5. The lowest BCUT2D eigenvalue weighted by Crippen LogP contribution is -2.07. The molecule has 0 aromatic carbocycles. The molecule has 6 heteroatoms. The predicted octanol–water partition coefficient (Wildman–Crippen LogP) is 4.19. The zero-order chi connectivity index (χ0) is 14.8. The zero-order valence-electron chi connectivity index (χ0n) is 11.4. The van der Waals surface area contributed by atoms with Crippen molar-refractivity contribution in [2.75, 3.05) is 0 Å². The predicted molar refractivity (Wildman–Crippen MR) is 69.7 cm³/mol. The normalized spacial score (nSPS) is 12.1. The van der Waals surface area contributed by atoms with Gasteiger partial charge in [0.1, 0.15) is 0 Å². The van der Waals surface area contributed by atoms with Crippen molar-refractivity contribution in [1.82, 2.24) is 14.8 Å². The summed E-state index contributed by atoms with van der Waals surface area (Å²) in [7, 11) is 0. The molecule has 0 unspecified atom stereocenters. The van der Waals surface area contributed by atoms with Gasteiger partial charge in [-0.05, 0) is 31.0 Å². The Labute approximate surface area is 115 Å². The van der Waals surface area contributed by atoms with Gasteiger partial charge in [0.25, 0.3) is 0 Å². The molecule has 2 heterocycles. The van der Waals surface area contributed by atoms with Crippen molar-refractivity contribution in [2.45, 2.75) is 38.8 Å². The molecule has 2 rings (SSSR count). The lowest BCUT2D eigenvalue weighted by Gasteiger charge is -2.09. The van der Waals surface area contributed by atoms with Gasteiger partial charge >= 0.3 is 6.18 Å². The van der Waals surface area contributed by atoms with Crippen LogP contribution in [0.25, 0.3) is 5.82 Å². The molecule has 0 atom stereocenters. The molecule has 0 fully saturated rings. The van der Waals surface area contributed by atoms with Crippen LogP contribution in [0.15, 0.2) is 30.6 Å². The van der Waals surface area contributed by atoms with Crippen LogP contribution >= 0.6 is 0 Å². The maximum atomic E-state index is 12.5. The smallest absolute Gasteiger partial charge is 0.237 e. The summed E-state index contributed by atoms with van der Waals surface area (Å²) in [5.74, 6) is 0.751. The Morgan fingerprint density at radius 3 is 2.35 bits per heavy atom. The molecule has 0 aliphatic heterocycles. The average molecular weight is 283 g/mol. The van der Waals surface area contributed by atoms with E-state index < -0.39 is 11.7 Å². The number of hydrogen-bond acceptors (Lipinski definition) is 2. The lowest BCUT2D eigenvalue weighted by molar-refractivity contribution is -0.137. The summed E-state index contributed by atoms with van der Waals surface area (Å²) >= 11 is 0. The standard InChI is InChI=1S/C14H16F3N3/c1-3-10(4-2)12-7-8-20(19-12)13-6-5-11(9-18-13)14(15,16)17/h5-10H,3-4H2,1-2H3. The van der Waals surface area contributed by atoms with Gasteiger partial charge in [0.15, 0.2) is 5.82 Å². The van der Waals surface area contributed by atoms with Crippen molar-refractivity contribution >= 4 is 0 Å². The summed E-state index contributed by atoms with van der Waals surface area (Å²) in [6.07, 6.45) is 0.148. The van der Waals surface area contributed by atoms with E-state index in [0.29, 0.717) is 11.7 Å². The molecule has 0 aliphatic rings. The van der Waals surface area contributed by atoms with Gasteiger partial charge in [-0.3, -0.25) is 0 Å². The van der Waals surface area contributed by atoms with E-state index in [-0.39, 0.29) is 0 Å². The van der Waals surface area contributed by atoms with E-state index in [1.165, 1.54) is 10.7 Å². The highest BCUT2D eigenvalue weighted by Crippen LogP contribution is 2.28. The van der Waals surface area contributed by atoms with E-state index in [1.54, 1.807) is 6.20 Å². The first-order valence-electron chi connectivity index (χ1n) is 6.54. The van der Waals surface area contributed by atoms with Gasteiger partial charge in [0.2, 0.25) is 0 Å². The quantitative estimate of drug-likeness (QED) is 0.842. The Morgan fingerprint density at radius 2 is 1.85 bits per heavy atom. The van der Waals surface area contributed by atoms with Gasteiger partial charge in [0, 0.05) is 18.3 Å². The third-order valence-electron chi connectivity index (χ3n) is 3.32. The second kappa shape index (κ2) is 5.64. The first kappa shape index (κ1) is 14.6. The van der Waals surface area contributed by atoms with Gasteiger partial charge in [-0.15, -0.1) is 0 Å². The minimum atomic E-state index is -4.36. The highest BCUT2D eigenvalue weighted by molar-refractivity contribution is 5.26. The number of nitrogens with zero attached hydrogens (tertiary/aromatic N) is 3. The fraction of sp³-hybridized carbons (Fsp3) is 0.429. The molecule has 0 bridgehead atoms. The largest absolute Gasteiger partial charge is 0.417 e. The third-order valence-corrected chi connectivity index (χ3v) is 3.32. The van der Waals surface area contributed by atoms with Gasteiger partial charge in [-0.25, -0.2) is 9.67 Å². The Morgan fingerprint density at radius 1 is 1.15 bits per heavy atom. The molecule has 0 spiro atoms. The number of halogens is 3. The van der Waals surface area contributed by atoms with E-state index in [9.17, 15) is 13.2 Å². The third kappa shape index (κ3) is 3.00. The Balaban J connectivity index is 2.24. The summed E-state index contributed by atoms with van der Waals surface area (Å²) < 4.78 is 38.9. The van der Waals surface area contributed by atoms with Gasteiger partial charge in [-0.1, -0.05) is 13.8 Å². The first-order chi connectivity index (χ1) is 9.45. The molecule has 0 saturated heterocycles. The average Bonchev–Trinajstić information content (AvgIpc) is 2.89. The van der Waals surface area contributed by atoms with Crippen molar-refractivity contribution < 1.29 is 13.2 Å². The van der Waals surface area contributed by atoms with E-state index in [1.807, 2.05) is 6.07 Å². The Hall–Kier alpha value is -1.85.